The highest BCUT2D eigenvalue weighted by Gasteiger charge is 2.30. The number of rotatable bonds is 10. The molecule has 2 aromatic carbocycles. The number of thiazole rings is 1. The molecule has 0 bridgehead atoms. The van der Waals surface area contributed by atoms with E-state index in [4.69, 9.17) is 16.3 Å². The minimum atomic E-state index is -1.08. The number of hydrogen-bond donors (Lipinski definition) is 1. The van der Waals surface area contributed by atoms with Crippen LogP contribution in [0.4, 0.5) is 5.13 Å². The fraction of sp³-hybridized carbons (Fsp3) is 0.250. The van der Waals surface area contributed by atoms with Crippen LogP contribution in [0.25, 0.3) is 11.3 Å². The number of ether oxygens (including phenoxy) is 1. The fourth-order valence-electron chi connectivity index (χ4n) is 3.36. The minimum absolute atomic E-state index is 0.0197. The Balaban J connectivity index is 1.92. The maximum absolute atomic E-state index is 13.5. The molecule has 9 heteroatoms. The van der Waals surface area contributed by atoms with E-state index in [2.05, 4.69) is 4.98 Å². The number of nitrogens with zero attached hydrogens (tertiary/aromatic N) is 2. The highest BCUT2D eigenvalue weighted by Crippen LogP contribution is 2.33. The number of amides is 1. The van der Waals surface area contributed by atoms with Gasteiger partial charge in [0.1, 0.15) is 0 Å². The minimum Gasteiger partial charge on any atom is -0.481 e. The van der Waals surface area contributed by atoms with Crippen LogP contribution >= 0.6 is 22.9 Å². The molecule has 1 heterocycles. The zero-order valence-electron chi connectivity index (χ0n) is 17.9. The Hall–Kier alpha value is -3.23. The number of anilines is 1. The van der Waals surface area contributed by atoms with Crippen molar-refractivity contribution in [3.8, 4) is 11.3 Å². The summed E-state index contributed by atoms with van der Waals surface area (Å²) in [6.45, 7) is 0.0197. The summed E-state index contributed by atoms with van der Waals surface area (Å²) in [7, 11) is 1.27. The molecule has 1 aromatic heterocycles. The number of methoxy groups -OCH3 is 1. The summed E-state index contributed by atoms with van der Waals surface area (Å²) in [6, 6.07) is 16.4. The molecule has 0 aliphatic carbocycles. The van der Waals surface area contributed by atoms with Gasteiger partial charge in [-0.25, -0.2) is 4.98 Å². The monoisotopic (exact) mass is 486 g/mol. The van der Waals surface area contributed by atoms with E-state index in [9.17, 15) is 19.5 Å². The molecule has 0 radical (unpaired) electrons. The Labute approximate surface area is 200 Å². The van der Waals surface area contributed by atoms with E-state index in [0.717, 1.165) is 5.56 Å². The molecule has 0 saturated carbocycles. The maximum atomic E-state index is 13.5. The SMILES string of the molecule is COC(=O)CCN(C(=O)C(CC(=O)O)Cc1ccccc1)c1nc(-c2ccccc2Cl)cs1. The first-order valence-electron chi connectivity index (χ1n) is 10.2. The number of carboxylic acid groups (broad SMARTS) is 1. The number of halogens is 1. The first-order valence-corrected chi connectivity index (χ1v) is 11.5. The average molecular weight is 487 g/mol. The second kappa shape index (κ2) is 11.6. The van der Waals surface area contributed by atoms with Crippen molar-refractivity contribution in [2.45, 2.75) is 19.3 Å². The molecule has 172 valence electrons. The van der Waals surface area contributed by atoms with Crippen LogP contribution in [0.1, 0.15) is 18.4 Å². The molecule has 3 aromatic rings. The van der Waals surface area contributed by atoms with Gasteiger partial charge in [0.15, 0.2) is 5.13 Å². The number of hydrogen-bond acceptors (Lipinski definition) is 6. The van der Waals surface area contributed by atoms with Crippen LogP contribution in [0.5, 0.6) is 0 Å². The van der Waals surface area contributed by atoms with Gasteiger partial charge in [-0.2, -0.15) is 0 Å². The van der Waals surface area contributed by atoms with Crippen LogP contribution in [0, 0.1) is 5.92 Å². The number of aromatic nitrogens is 1. The van der Waals surface area contributed by atoms with Crippen molar-refractivity contribution in [2.24, 2.45) is 5.92 Å². The van der Waals surface area contributed by atoms with Gasteiger partial charge in [-0.05, 0) is 18.1 Å². The first kappa shape index (κ1) is 24.4. The van der Waals surface area contributed by atoms with Crippen LogP contribution in [-0.2, 0) is 25.5 Å². The molecule has 1 unspecified atom stereocenters. The number of aliphatic carboxylic acids is 1. The fourth-order valence-corrected chi connectivity index (χ4v) is 4.45. The lowest BCUT2D eigenvalue weighted by Gasteiger charge is -2.24. The van der Waals surface area contributed by atoms with Gasteiger partial charge in [0.2, 0.25) is 5.91 Å². The third-order valence-corrected chi connectivity index (χ3v) is 6.19. The molecule has 0 fully saturated rings. The molecule has 3 rings (SSSR count). The summed E-state index contributed by atoms with van der Waals surface area (Å²) < 4.78 is 4.72. The van der Waals surface area contributed by atoms with E-state index in [-0.39, 0.29) is 25.8 Å². The lowest BCUT2D eigenvalue weighted by atomic mass is 9.94. The number of carbonyl (C=O) groups excluding carboxylic acids is 2. The van der Waals surface area contributed by atoms with Gasteiger partial charge in [-0.15, -0.1) is 11.3 Å². The number of benzene rings is 2. The Morgan fingerprint density at radius 3 is 2.48 bits per heavy atom. The van der Waals surface area contributed by atoms with Crippen molar-refractivity contribution in [1.29, 1.82) is 0 Å². The normalized spacial score (nSPS) is 11.6. The second-order valence-corrected chi connectivity index (χ2v) is 8.54. The van der Waals surface area contributed by atoms with Gasteiger partial charge in [-0.1, -0.05) is 60.1 Å². The number of carboxylic acids is 1. The third-order valence-electron chi connectivity index (χ3n) is 5.00. The largest absolute Gasteiger partial charge is 0.481 e. The highest BCUT2D eigenvalue weighted by atomic mass is 35.5. The molecule has 7 nitrogen and oxygen atoms in total. The van der Waals surface area contributed by atoms with E-state index in [1.165, 1.54) is 23.3 Å². The lowest BCUT2D eigenvalue weighted by Crippen LogP contribution is -2.39. The molecular formula is C24H23ClN2O5S. The average Bonchev–Trinajstić information content (AvgIpc) is 3.28. The van der Waals surface area contributed by atoms with Crippen LogP contribution in [0.3, 0.4) is 0 Å². The highest BCUT2D eigenvalue weighted by molar-refractivity contribution is 7.14. The topological polar surface area (TPSA) is 96.8 Å². The Bertz CT molecular complexity index is 1120. The Kier molecular flexibility index (Phi) is 8.57. The molecule has 0 aliphatic heterocycles. The van der Waals surface area contributed by atoms with E-state index in [1.807, 2.05) is 48.5 Å². The molecule has 0 saturated heterocycles. The zero-order chi connectivity index (χ0) is 23.8. The molecule has 0 spiro atoms. The summed E-state index contributed by atoms with van der Waals surface area (Å²) in [4.78, 5) is 42.8. The van der Waals surface area contributed by atoms with Crippen molar-refractivity contribution in [1.82, 2.24) is 4.98 Å². The molecule has 0 aliphatic rings. The van der Waals surface area contributed by atoms with E-state index >= 15 is 0 Å². The molecule has 1 N–H and O–H groups in total. The van der Waals surface area contributed by atoms with E-state index in [0.29, 0.717) is 21.4 Å². The van der Waals surface area contributed by atoms with Crippen molar-refractivity contribution >= 4 is 45.9 Å². The predicted molar refractivity (Wildman–Crippen MR) is 127 cm³/mol. The quantitative estimate of drug-likeness (QED) is 0.417. The van der Waals surface area contributed by atoms with Gasteiger partial charge >= 0.3 is 11.9 Å². The number of carbonyl (C=O) groups is 3. The smallest absolute Gasteiger partial charge is 0.307 e. The Morgan fingerprint density at radius 1 is 1.12 bits per heavy atom. The standard InChI is InChI=1S/C24H23ClN2O5S/c1-32-22(30)11-12-27(24-26-20(15-33-24)18-9-5-6-10-19(18)25)23(31)17(14-21(28)29)13-16-7-3-2-4-8-16/h2-10,15,17H,11-14H2,1H3,(H,28,29). The number of esters is 1. The Morgan fingerprint density at radius 2 is 1.82 bits per heavy atom. The van der Waals surface area contributed by atoms with Gasteiger partial charge < -0.3 is 9.84 Å². The zero-order valence-corrected chi connectivity index (χ0v) is 19.5. The van der Waals surface area contributed by atoms with Crippen LogP contribution < -0.4 is 4.90 Å². The predicted octanol–water partition coefficient (Wildman–Crippen LogP) is 4.69. The van der Waals surface area contributed by atoms with Gasteiger partial charge in [0.05, 0.1) is 31.6 Å². The third kappa shape index (κ3) is 6.63. The molecule has 1 atom stereocenters. The van der Waals surface area contributed by atoms with Gasteiger partial charge in [0.25, 0.3) is 0 Å². The second-order valence-electron chi connectivity index (χ2n) is 7.30. The van der Waals surface area contributed by atoms with Crippen molar-refractivity contribution < 1.29 is 24.2 Å². The van der Waals surface area contributed by atoms with Gasteiger partial charge in [0, 0.05) is 22.5 Å². The van der Waals surface area contributed by atoms with E-state index in [1.54, 1.807) is 11.4 Å². The summed E-state index contributed by atoms with van der Waals surface area (Å²) in [6.07, 6.45) is -0.136. The first-order chi connectivity index (χ1) is 15.9. The summed E-state index contributed by atoms with van der Waals surface area (Å²) in [5.41, 5.74) is 2.16. The summed E-state index contributed by atoms with van der Waals surface area (Å²) in [5, 5.41) is 12.1. The van der Waals surface area contributed by atoms with Crippen molar-refractivity contribution in [3.63, 3.8) is 0 Å². The van der Waals surface area contributed by atoms with Crippen LogP contribution in [0.2, 0.25) is 5.02 Å². The molecule has 1 amide bonds. The van der Waals surface area contributed by atoms with E-state index < -0.39 is 23.8 Å². The molecule has 33 heavy (non-hydrogen) atoms. The van der Waals surface area contributed by atoms with Crippen LogP contribution in [-0.4, -0.2) is 41.6 Å². The van der Waals surface area contributed by atoms with Gasteiger partial charge in [-0.3, -0.25) is 19.3 Å². The van der Waals surface area contributed by atoms with Crippen molar-refractivity contribution in [2.75, 3.05) is 18.6 Å². The molecular weight excluding hydrogens is 464 g/mol. The lowest BCUT2D eigenvalue weighted by molar-refractivity contribution is -0.141. The van der Waals surface area contributed by atoms with Crippen LogP contribution in [0.15, 0.2) is 60.0 Å². The maximum Gasteiger partial charge on any atom is 0.307 e. The summed E-state index contributed by atoms with van der Waals surface area (Å²) >= 11 is 7.51. The summed E-state index contributed by atoms with van der Waals surface area (Å²) in [5.74, 6) is -2.79. The van der Waals surface area contributed by atoms with Crippen molar-refractivity contribution in [3.05, 3.63) is 70.6 Å².